The van der Waals surface area contributed by atoms with E-state index in [-0.39, 0.29) is 30.8 Å². The van der Waals surface area contributed by atoms with Gasteiger partial charge in [-0.2, -0.15) is 0 Å². The molecule has 3 saturated heterocycles. The number of aliphatic hydroxyl groups excluding tert-OH is 1. The highest BCUT2D eigenvalue weighted by Crippen LogP contribution is 2.42. The highest BCUT2D eigenvalue weighted by Gasteiger charge is 2.53. The predicted octanol–water partition coefficient (Wildman–Crippen LogP) is 2.58. The summed E-state index contributed by atoms with van der Waals surface area (Å²) in [5.74, 6) is -1.02. The quantitative estimate of drug-likeness (QED) is 0.582. The molecular formula is C29H41N3O5. The second-order valence-electron chi connectivity index (χ2n) is 11.4. The third-order valence-corrected chi connectivity index (χ3v) is 9.10. The number of amides is 2. The van der Waals surface area contributed by atoms with Crippen molar-refractivity contribution in [3.8, 4) is 0 Å². The van der Waals surface area contributed by atoms with Crippen molar-refractivity contribution in [2.45, 2.75) is 88.4 Å². The van der Waals surface area contributed by atoms with E-state index in [1.54, 1.807) is 6.07 Å². The van der Waals surface area contributed by atoms with Gasteiger partial charge in [-0.3, -0.25) is 14.4 Å². The Kier molecular flexibility index (Phi) is 7.98. The summed E-state index contributed by atoms with van der Waals surface area (Å²) in [5, 5.41) is 10.6. The number of nitrogens with zero attached hydrogens (tertiary/aromatic N) is 2. The van der Waals surface area contributed by atoms with Gasteiger partial charge in [-0.1, -0.05) is 38.3 Å². The van der Waals surface area contributed by atoms with Gasteiger partial charge in [0.15, 0.2) is 5.78 Å². The van der Waals surface area contributed by atoms with Crippen LogP contribution in [0.4, 0.5) is 0 Å². The number of carbonyl (C=O) groups is 3. The maximum absolute atomic E-state index is 14.3. The Morgan fingerprint density at radius 2 is 1.86 bits per heavy atom. The third kappa shape index (κ3) is 5.20. The number of Topliss-reactive ketones (excluding diaryl/α,β-unsaturated/α-hetero) is 1. The number of hydrogen-bond acceptors (Lipinski definition) is 6. The zero-order chi connectivity index (χ0) is 26.1. The molecule has 4 fully saturated rings. The highest BCUT2D eigenvalue weighted by atomic mass is 16.5. The van der Waals surface area contributed by atoms with Gasteiger partial charge >= 0.3 is 0 Å². The molecule has 0 aromatic heterocycles. The number of carbonyl (C=O) groups excluding carboxylic acids is 3. The molecule has 3 N–H and O–H groups in total. The normalized spacial score (nSPS) is 28.4. The molecule has 0 bridgehead atoms. The smallest absolute Gasteiger partial charge is 0.249 e. The van der Waals surface area contributed by atoms with E-state index < -0.39 is 30.1 Å². The summed E-state index contributed by atoms with van der Waals surface area (Å²) in [5.41, 5.74) is 8.10. The van der Waals surface area contributed by atoms with Gasteiger partial charge in [0.25, 0.3) is 0 Å². The van der Waals surface area contributed by atoms with Crippen LogP contribution in [0.1, 0.15) is 91.6 Å². The number of ether oxygens (including phenoxy) is 1. The minimum atomic E-state index is -0.886. The van der Waals surface area contributed by atoms with Crippen LogP contribution < -0.4 is 5.73 Å². The number of likely N-dealkylation sites (tertiary alicyclic amines) is 2. The summed E-state index contributed by atoms with van der Waals surface area (Å²) in [7, 11) is 0. The molecule has 202 valence electrons. The number of β-amino-alcohol motifs (C(OH)–C–C–N with tert-alkyl or cyclic N) is 1. The first-order chi connectivity index (χ1) is 17.9. The van der Waals surface area contributed by atoms with Gasteiger partial charge in [-0.15, -0.1) is 0 Å². The summed E-state index contributed by atoms with van der Waals surface area (Å²) in [6.45, 7) is 5.41. The van der Waals surface area contributed by atoms with Crippen molar-refractivity contribution in [3.63, 3.8) is 0 Å². The molecule has 2 amide bonds. The maximum Gasteiger partial charge on any atom is 0.249 e. The Morgan fingerprint density at radius 1 is 1.14 bits per heavy atom. The van der Waals surface area contributed by atoms with Gasteiger partial charge in [0, 0.05) is 5.56 Å². The van der Waals surface area contributed by atoms with Crippen LogP contribution in [-0.2, 0) is 14.3 Å². The number of ketones is 1. The fourth-order valence-corrected chi connectivity index (χ4v) is 7.21. The van der Waals surface area contributed by atoms with Crippen LogP contribution in [0.15, 0.2) is 18.2 Å². The minimum Gasteiger partial charge on any atom is -0.388 e. The Hall–Kier alpha value is -2.29. The summed E-state index contributed by atoms with van der Waals surface area (Å²) in [6, 6.07) is 5.13. The van der Waals surface area contributed by atoms with E-state index in [1.165, 1.54) is 4.90 Å². The zero-order valence-electron chi connectivity index (χ0n) is 21.9. The van der Waals surface area contributed by atoms with E-state index in [2.05, 4.69) is 17.9 Å². The van der Waals surface area contributed by atoms with Gasteiger partial charge in [0.05, 0.1) is 12.5 Å². The van der Waals surface area contributed by atoms with Crippen molar-refractivity contribution in [1.82, 2.24) is 9.80 Å². The molecule has 8 nitrogen and oxygen atoms in total. The van der Waals surface area contributed by atoms with E-state index in [1.807, 2.05) is 6.07 Å². The second-order valence-corrected chi connectivity index (χ2v) is 11.4. The van der Waals surface area contributed by atoms with Gasteiger partial charge in [0.2, 0.25) is 11.8 Å². The Morgan fingerprint density at radius 3 is 2.54 bits per heavy atom. The highest BCUT2D eigenvalue weighted by molar-refractivity contribution is 5.99. The molecular weight excluding hydrogens is 470 g/mol. The molecule has 3 heterocycles. The number of benzene rings is 1. The van der Waals surface area contributed by atoms with E-state index in [0.717, 1.165) is 76.6 Å². The van der Waals surface area contributed by atoms with Crippen molar-refractivity contribution < 1.29 is 24.2 Å². The molecule has 4 atom stereocenters. The summed E-state index contributed by atoms with van der Waals surface area (Å²) < 4.78 is 5.53. The van der Waals surface area contributed by atoms with Crippen LogP contribution in [0.3, 0.4) is 0 Å². The van der Waals surface area contributed by atoms with Crippen molar-refractivity contribution in [2.24, 2.45) is 11.7 Å². The van der Waals surface area contributed by atoms with Crippen molar-refractivity contribution in [1.29, 1.82) is 0 Å². The van der Waals surface area contributed by atoms with E-state index in [0.29, 0.717) is 17.0 Å². The average molecular weight is 512 g/mol. The van der Waals surface area contributed by atoms with Crippen molar-refractivity contribution >= 4 is 17.6 Å². The zero-order valence-corrected chi connectivity index (χ0v) is 21.9. The number of primary amides is 1. The molecule has 4 aliphatic rings. The molecule has 37 heavy (non-hydrogen) atoms. The summed E-state index contributed by atoms with van der Waals surface area (Å²) in [4.78, 5) is 43.6. The Labute approximate surface area is 219 Å². The number of nitrogens with two attached hydrogens (primary N) is 1. The summed E-state index contributed by atoms with van der Waals surface area (Å²) >= 11 is 0. The fraction of sp³-hybridized carbons (Fsp3) is 0.690. The molecule has 0 spiro atoms. The van der Waals surface area contributed by atoms with Gasteiger partial charge < -0.3 is 25.4 Å². The predicted molar refractivity (Wildman–Crippen MR) is 139 cm³/mol. The number of fused-ring (bicyclic) bond motifs is 1. The first kappa shape index (κ1) is 26.3. The van der Waals surface area contributed by atoms with Crippen LogP contribution >= 0.6 is 0 Å². The third-order valence-electron chi connectivity index (χ3n) is 9.10. The van der Waals surface area contributed by atoms with Crippen LogP contribution in [0.2, 0.25) is 0 Å². The van der Waals surface area contributed by atoms with Crippen molar-refractivity contribution in [2.75, 3.05) is 32.8 Å². The van der Waals surface area contributed by atoms with E-state index in [4.69, 9.17) is 10.5 Å². The van der Waals surface area contributed by atoms with Gasteiger partial charge in [-0.25, -0.2) is 0 Å². The van der Waals surface area contributed by atoms with Crippen LogP contribution in [0, 0.1) is 5.92 Å². The molecule has 3 aliphatic heterocycles. The van der Waals surface area contributed by atoms with Crippen LogP contribution in [-0.4, -0.2) is 83.5 Å². The lowest BCUT2D eigenvalue weighted by Crippen LogP contribution is -2.46. The average Bonchev–Trinajstić information content (AvgIpc) is 3.45. The fourth-order valence-electron chi connectivity index (χ4n) is 7.21. The number of aliphatic hydroxyl groups is 1. The molecule has 0 unspecified atom stereocenters. The first-order valence-corrected chi connectivity index (χ1v) is 14.2. The maximum atomic E-state index is 14.3. The molecule has 1 aromatic rings. The molecule has 1 aromatic carbocycles. The number of rotatable bonds is 7. The van der Waals surface area contributed by atoms with Crippen molar-refractivity contribution in [3.05, 3.63) is 34.9 Å². The molecule has 5 rings (SSSR count). The van der Waals surface area contributed by atoms with E-state index in [9.17, 15) is 19.5 Å². The lowest BCUT2D eigenvalue weighted by Gasteiger charge is -2.36. The van der Waals surface area contributed by atoms with E-state index >= 15 is 0 Å². The SMILES string of the molecule is CCCN1CCC(c2ccc(C(N)=O)c([C@@H](C(=O)N3C[C@@H](O)[C@H]4OCC(=O)[C@H]43)C3CCCCC3)c2)CC1. The minimum absolute atomic E-state index is 0.0645. The first-order valence-electron chi connectivity index (χ1n) is 14.2. The standard InChI is InChI=1S/C29H41N3O5/c1-2-12-31-13-10-18(11-14-31)20-8-9-21(28(30)35)22(15-20)25(19-6-4-3-5-7-19)29(36)32-16-23(33)27-26(32)24(34)17-37-27/h8-9,15,18-19,23,25-27,33H,2-7,10-14,16-17H2,1H3,(H2,30,35)/t23-,25+,26-,27-/m1/s1. The molecule has 0 radical (unpaired) electrons. The van der Waals surface area contributed by atoms with Gasteiger partial charge in [0.1, 0.15) is 24.9 Å². The largest absolute Gasteiger partial charge is 0.388 e. The lowest BCUT2D eigenvalue weighted by molar-refractivity contribution is -0.139. The number of hydrogen-bond donors (Lipinski definition) is 2. The molecule has 8 heteroatoms. The monoisotopic (exact) mass is 511 g/mol. The number of piperidine rings is 1. The second kappa shape index (κ2) is 11.2. The Bertz CT molecular complexity index is 1010. The molecule has 1 aliphatic carbocycles. The molecule has 1 saturated carbocycles. The van der Waals surface area contributed by atoms with Crippen LogP contribution in [0.25, 0.3) is 0 Å². The summed E-state index contributed by atoms with van der Waals surface area (Å²) in [6.07, 6.45) is 6.67. The van der Waals surface area contributed by atoms with Gasteiger partial charge in [-0.05, 0) is 80.8 Å². The lowest BCUT2D eigenvalue weighted by atomic mass is 9.73. The Balaban J connectivity index is 1.50. The van der Waals surface area contributed by atoms with Crippen LogP contribution in [0.5, 0.6) is 0 Å². The topological polar surface area (TPSA) is 113 Å².